The minimum absolute atomic E-state index is 0.0847. The summed E-state index contributed by atoms with van der Waals surface area (Å²) in [6.07, 6.45) is 6.67. The molecule has 6 heteroatoms. The molecule has 0 saturated heterocycles. The SMILES string of the molecule is Cc1cc(-c2ccc(N(C)C3C[C@H](C)CC[C@H](C)C3)nn2)c(O)cc1-c1ccn(C)c(=O)c1. The minimum Gasteiger partial charge on any atom is -0.507 e. The van der Waals surface area contributed by atoms with Crippen LogP contribution in [0.5, 0.6) is 5.75 Å². The third kappa shape index (κ3) is 4.95. The van der Waals surface area contributed by atoms with E-state index in [4.69, 9.17) is 0 Å². The van der Waals surface area contributed by atoms with Crippen molar-refractivity contribution in [3.05, 3.63) is 58.5 Å². The number of nitrogens with zero attached hydrogens (tertiary/aromatic N) is 4. The highest BCUT2D eigenvalue weighted by Crippen LogP contribution is 2.36. The molecule has 2 heterocycles. The molecule has 1 unspecified atom stereocenters. The Morgan fingerprint density at radius 2 is 1.70 bits per heavy atom. The number of phenols is 1. The quantitative estimate of drug-likeness (QED) is 0.560. The van der Waals surface area contributed by atoms with Crippen LogP contribution in [0, 0.1) is 18.8 Å². The Kier molecular flexibility index (Phi) is 6.54. The molecule has 4 rings (SSSR count). The van der Waals surface area contributed by atoms with E-state index in [-0.39, 0.29) is 11.3 Å². The lowest BCUT2D eigenvalue weighted by Gasteiger charge is -2.30. The van der Waals surface area contributed by atoms with Crippen molar-refractivity contribution >= 4 is 5.82 Å². The molecule has 1 fully saturated rings. The van der Waals surface area contributed by atoms with Crippen molar-refractivity contribution in [1.82, 2.24) is 14.8 Å². The number of aromatic hydroxyl groups is 1. The lowest BCUT2D eigenvalue weighted by atomic mass is 9.97. The average Bonchev–Trinajstić information content (AvgIpc) is 2.97. The van der Waals surface area contributed by atoms with Crippen molar-refractivity contribution in [1.29, 1.82) is 0 Å². The van der Waals surface area contributed by atoms with Gasteiger partial charge in [-0.3, -0.25) is 4.79 Å². The minimum atomic E-state index is -0.0847. The molecule has 1 aromatic carbocycles. The van der Waals surface area contributed by atoms with Crippen molar-refractivity contribution in [2.24, 2.45) is 18.9 Å². The van der Waals surface area contributed by atoms with E-state index in [0.717, 1.165) is 34.3 Å². The number of hydrogen-bond donors (Lipinski definition) is 1. The maximum Gasteiger partial charge on any atom is 0.250 e. The molecule has 1 N–H and O–H groups in total. The molecule has 33 heavy (non-hydrogen) atoms. The maximum atomic E-state index is 12.0. The van der Waals surface area contributed by atoms with Crippen molar-refractivity contribution in [3.8, 4) is 28.1 Å². The second-order valence-electron chi connectivity index (χ2n) is 9.85. The summed E-state index contributed by atoms with van der Waals surface area (Å²) in [6, 6.07) is 11.5. The van der Waals surface area contributed by atoms with Crippen molar-refractivity contribution in [2.45, 2.75) is 52.5 Å². The molecular formula is C27H34N4O2. The van der Waals surface area contributed by atoms with Crippen LogP contribution in [0.2, 0.25) is 0 Å². The number of aryl methyl sites for hydroxylation is 2. The van der Waals surface area contributed by atoms with Crippen LogP contribution in [0.4, 0.5) is 5.82 Å². The van der Waals surface area contributed by atoms with Crippen LogP contribution in [-0.4, -0.2) is 33.0 Å². The second kappa shape index (κ2) is 9.38. The average molecular weight is 447 g/mol. The fourth-order valence-electron chi connectivity index (χ4n) is 4.92. The first kappa shape index (κ1) is 23.0. The predicted molar refractivity (Wildman–Crippen MR) is 134 cm³/mol. The molecule has 0 radical (unpaired) electrons. The normalized spacial score (nSPS) is 20.9. The molecule has 6 nitrogen and oxygen atoms in total. The highest BCUT2D eigenvalue weighted by molar-refractivity contribution is 5.77. The van der Waals surface area contributed by atoms with Gasteiger partial charge in [-0.05, 0) is 78.6 Å². The van der Waals surface area contributed by atoms with E-state index in [1.807, 2.05) is 31.2 Å². The topological polar surface area (TPSA) is 71.2 Å². The van der Waals surface area contributed by atoms with Crippen LogP contribution in [0.3, 0.4) is 0 Å². The molecule has 3 aromatic rings. The van der Waals surface area contributed by atoms with Gasteiger partial charge in [0.2, 0.25) is 0 Å². The monoisotopic (exact) mass is 446 g/mol. The Morgan fingerprint density at radius 3 is 2.30 bits per heavy atom. The first-order valence-corrected chi connectivity index (χ1v) is 11.8. The second-order valence-corrected chi connectivity index (χ2v) is 9.85. The van der Waals surface area contributed by atoms with Gasteiger partial charge in [-0.2, -0.15) is 0 Å². The van der Waals surface area contributed by atoms with E-state index < -0.39 is 0 Å². The van der Waals surface area contributed by atoms with Gasteiger partial charge >= 0.3 is 0 Å². The fourth-order valence-corrected chi connectivity index (χ4v) is 4.92. The molecule has 2 aromatic heterocycles. The molecule has 1 aliphatic carbocycles. The number of rotatable bonds is 4. The third-order valence-electron chi connectivity index (χ3n) is 7.09. The van der Waals surface area contributed by atoms with Gasteiger partial charge in [0, 0.05) is 38.0 Å². The van der Waals surface area contributed by atoms with E-state index in [9.17, 15) is 9.90 Å². The number of hydrogen-bond acceptors (Lipinski definition) is 5. The molecule has 0 amide bonds. The largest absolute Gasteiger partial charge is 0.507 e. The summed E-state index contributed by atoms with van der Waals surface area (Å²) in [7, 11) is 3.83. The molecule has 1 aliphatic rings. The van der Waals surface area contributed by atoms with Crippen LogP contribution in [-0.2, 0) is 7.05 Å². The zero-order chi connectivity index (χ0) is 23.7. The zero-order valence-corrected chi connectivity index (χ0v) is 20.2. The first-order chi connectivity index (χ1) is 15.7. The first-order valence-electron chi connectivity index (χ1n) is 11.8. The van der Waals surface area contributed by atoms with E-state index in [0.29, 0.717) is 17.3 Å². The highest BCUT2D eigenvalue weighted by Gasteiger charge is 2.25. The van der Waals surface area contributed by atoms with Gasteiger partial charge in [0.05, 0.1) is 5.69 Å². The van der Waals surface area contributed by atoms with Crippen molar-refractivity contribution in [2.75, 3.05) is 11.9 Å². The summed E-state index contributed by atoms with van der Waals surface area (Å²) in [5.74, 6) is 2.42. The van der Waals surface area contributed by atoms with Gasteiger partial charge in [0.1, 0.15) is 5.75 Å². The summed E-state index contributed by atoms with van der Waals surface area (Å²) < 4.78 is 1.53. The Morgan fingerprint density at radius 1 is 1.00 bits per heavy atom. The molecular weight excluding hydrogens is 412 g/mol. The lowest BCUT2D eigenvalue weighted by molar-refractivity contribution is 0.446. The zero-order valence-electron chi connectivity index (χ0n) is 20.2. The van der Waals surface area contributed by atoms with E-state index in [1.54, 1.807) is 25.4 Å². The van der Waals surface area contributed by atoms with Gasteiger partial charge in [0.25, 0.3) is 5.56 Å². The van der Waals surface area contributed by atoms with Gasteiger partial charge in [-0.25, -0.2) is 0 Å². The van der Waals surface area contributed by atoms with Crippen molar-refractivity contribution in [3.63, 3.8) is 0 Å². The summed E-state index contributed by atoms with van der Waals surface area (Å²) in [4.78, 5) is 14.3. The van der Waals surface area contributed by atoms with Crippen LogP contribution in [0.1, 0.15) is 45.1 Å². The maximum absolute atomic E-state index is 12.0. The number of benzene rings is 1. The van der Waals surface area contributed by atoms with Crippen molar-refractivity contribution < 1.29 is 5.11 Å². The van der Waals surface area contributed by atoms with Gasteiger partial charge in [0.15, 0.2) is 5.82 Å². The molecule has 0 bridgehead atoms. The highest BCUT2D eigenvalue weighted by atomic mass is 16.3. The number of pyridine rings is 1. The fraction of sp³-hybridized carbons (Fsp3) is 0.444. The van der Waals surface area contributed by atoms with Crippen LogP contribution < -0.4 is 10.5 Å². The Balaban J connectivity index is 1.59. The van der Waals surface area contributed by atoms with E-state index in [2.05, 4.69) is 36.0 Å². The Hall–Kier alpha value is -3.15. The molecule has 3 atom stereocenters. The Bertz CT molecular complexity index is 1170. The predicted octanol–water partition coefficient (Wildman–Crippen LogP) is 5.17. The van der Waals surface area contributed by atoms with Gasteiger partial charge in [-0.15, -0.1) is 10.2 Å². The third-order valence-corrected chi connectivity index (χ3v) is 7.09. The van der Waals surface area contributed by atoms with Crippen LogP contribution in [0.15, 0.2) is 47.4 Å². The summed E-state index contributed by atoms with van der Waals surface area (Å²) in [5.41, 5.74) is 3.76. The van der Waals surface area contributed by atoms with Gasteiger partial charge < -0.3 is 14.6 Å². The van der Waals surface area contributed by atoms with Crippen LogP contribution >= 0.6 is 0 Å². The van der Waals surface area contributed by atoms with Gasteiger partial charge in [-0.1, -0.05) is 26.7 Å². The molecule has 0 aliphatic heterocycles. The standard InChI is InChI=1S/C27H34N4O2/c1-17-6-7-18(2)13-21(12-17)31(5)26-9-8-24(28-29-26)23-14-19(3)22(16-25(23)32)20-10-11-30(4)27(33)15-20/h8-11,14-18,21,32H,6-7,12-13H2,1-5H3/t17-,18+,21?. The van der Waals surface area contributed by atoms with E-state index in [1.165, 1.54) is 30.3 Å². The number of anilines is 1. The lowest BCUT2D eigenvalue weighted by Crippen LogP contribution is -2.34. The van der Waals surface area contributed by atoms with Crippen LogP contribution in [0.25, 0.3) is 22.4 Å². The molecule has 174 valence electrons. The summed E-state index contributed by atoms with van der Waals surface area (Å²) >= 11 is 0. The molecule has 1 saturated carbocycles. The summed E-state index contributed by atoms with van der Waals surface area (Å²) in [5, 5.41) is 19.7. The number of aromatic nitrogens is 3. The summed E-state index contributed by atoms with van der Waals surface area (Å²) in [6.45, 7) is 6.66. The Labute approximate surface area is 195 Å². The molecule has 0 spiro atoms. The smallest absolute Gasteiger partial charge is 0.250 e. The van der Waals surface area contributed by atoms with E-state index >= 15 is 0 Å². The number of phenolic OH excluding ortho intramolecular Hbond substituents is 1.